The monoisotopic (exact) mass is 345 g/mol. The fourth-order valence-electron chi connectivity index (χ4n) is 3.76. The molecular weight excluding hydrogens is 318 g/mol. The number of hydrogen-bond acceptors (Lipinski definition) is 7. The number of fused-ring (bicyclic) bond motifs is 1. The molecule has 0 amide bonds. The highest BCUT2D eigenvalue weighted by atomic mass is 16.5. The van der Waals surface area contributed by atoms with Crippen LogP contribution in [0, 0.1) is 0 Å². The van der Waals surface area contributed by atoms with Crippen molar-refractivity contribution in [3.05, 3.63) is 11.9 Å². The van der Waals surface area contributed by atoms with Crippen LogP contribution in [0.2, 0.25) is 0 Å². The lowest BCUT2D eigenvalue weighted by atomic mass is 10.1. The first-order valence-corrected chi connectivity index (χ1v) is 9.14. The van der Waals surface area contributed by atoms with Crippen LogP contribution in [0.25, 0.3) is 11.2 Å². The van der Waals surface area contributed by atoms with Gasteiger partial charge in [-0.05, 0) is 25.9 Å². The smallest absolute Gasteiger partial charge is 0.164 e. The minimum Gasteiger partial charge on any atom is -0.378 e. The molecule has 136 valence electrons. The van der Waals surface area contributed by atoms with Crippen LogP contribution in [-0.4, -0.2) is 58.8 Å². The van der Waals surface area contributed by atoms with Gasteiger partial charge in [-0.2, -0.15) is 0 Å². The number of rotatable bonds is 4. The molecule has 0 atom stereocenters. The zero-order chi connectivity index (χ0) is 17.2. The Kier molecular flexibility index (Phi) is 4.74. The van der Waals surface area contributed by atoms with Crippen molar-refractivity contribution in [2.45, 2.75) is 25.8 Å². The fraction of sp³-hybridized carbons (Fsp3) is 0.647. The summed E-state index contributed by atoms with van der Waals surface area (Å²) in [5.41, 5.74) is 5.61. The average molecular weight is 345 g/mol. The summed E-state index contributed by atoms with van der Waals surface area (Å²) in [5, 5.41) is 0. The van der Waals surface area contributed by atoms with Crippen molar-refractivity contribution < 1.29 is 4.74 Å². The van der Waals surface area contributed by atoms with Gasteiger partial charge in [0.05, 0.1) is 25.4 Å². The lowest BCUT2D eigenvalue weighted by molar-refractivity contribution is 0.123. The highest BCUT2D eigenvalue weighted by Crippen LogP contribution is 2.29. The van der Waals surface area contributed by atoms with Crippen molar-refractivity contribution in [1.82, 2.24) is 19.4 Å². The molecule has 8 heteroatoms. The molecule has 2 aromatic rings. The van der Waals surface area contributed by atoms with Gasteiger partial charge in [0, 0.05) is 26.2 Å². The Bertz CT molecular complexity index is 732. The summed E-state index contributed by atoms with van der Waals surface area (Å²) in [6.07, 6.45) is 3.90. The second kappa shape index (κ2) is 7.15. The Balaban J connectivity index is 1.72. The Hall–Kier alpha value is -1.90. The molecular formula is C17H27N7O. The first-order valence-electron chi connectivity index (χ1n) is 9.14. The number of nitrogen functional groups attached to an aromatic ring is 1. The lowest BCUT2D eigenvalue weighted by Crippen LogP contribution is -2.36. The van der Waals surface area contributed by atoms with Crippen molar-refractivity contribution in [3.63, 3.8) is 0 Å². The van der Waals surface area contributed by atoms with Crippen LogP contribution in [0.4, 0.5) is 11.5 Å². The topological polar surface area (TPSA) is 84.5 Å². The maximum absolute atomic E-state index is 5.65. The molecule has 2 aliphatic rings. The van der Waals surface area contributed by atoms with E-state index in [1.807, 2.05) is 13.1 Å². The molecule has 0 radical (unpaired) electrons. The minimum atomic E-state index is 0.668. The molecule has 0 unspecified atom stereocenters. The Morgan fingerprint density at radius 2 is 1.88 bits per heavy atom. The SMILES string of the molecule is Cn1c(CN2CCCCC2)nc2c(N3CCOCC3)cc(NN)nc21. The molecule has 2 aliphatic heterocycles. The number of morpholine rings is 1. The molecule has 0 saturated carbocycles. The Labute approximate surface area is 147 Å². The van der Waals surface area contributed by atoms with Crippen LogP contribution in [0.15, 0.2) is 6.07 Å². The van der Waals surface area contributed by atoms with Crippen LogP contribution >= 0.6 is 0 Å². The molecule has 0 spiro atoms. The number of aromatic nitrogens is 3. The summed E-state index contributed by atoms with van der Waals surface area (Å²) in [6, 6.07) is 1.99. The zero-order valence-electron chi connectivity index (χ0n) is 14.9. The predicted octanol–water partition coefficient (Wildman–Crippen LogP) is 1.08. The highest BCUT2D eigenvalue weighted by Gasteiger charge is 2.21. The average Bonchev–Trinajstić information content (AvgIpc) is 2.98. The number of anilines is 2. The first-order chi connectivity index (χ1) is 12.3. The summed E-state index contributed by atoms with van der Waals surface area (Å²) in [5.74, 6) is 7.38. The number of nitrogens with one attached hydrogen (secondary N) is 1. The molecule has 2 aromatic heterocycles. The molecule has 3 N–H and O–H groups in total. The number of nitrogens with zero attached hydrogens (tertiary/aromatic N) is 5. The molecule has 4 heterocycles. The molecule has 0 aromatic carbocycles. The van der Waals surface area contributed by atoms with Crippen molar-refractivity contribution in [1.29, 1.82) is 0 Å². The van der Waals surface area contributed by atoms with Gasteiger partial charge in [-0.3, -0.25) is 4.90 Å². The van der Waals surface area contributed by atoms with Gasteiger partial charge < -0.3 is 19.6 Å². The highest BCUT2D eigenvalue weighted by molar-refractivity contribution is 5.89. The van der Waals surface area contributed by atoms with Gasteiger partial charge in [-0.15, -0.1) is 0 Å². The number of nitrogens with two attached hydrogens (primary N) is 1. The van der Waals surface area contributed by atoms with Gasteiger partial charge in [-0.1, -0.05) is 6.42 Å². The number of aryl methyl sites for hydroxylation is 1. The largest absolute Gasteiger partial charge is 0.378 e. The summed E-state index contributed by atoms with van der Waals surface area (Å²) in [7, 11) is 2.05. The van der Waals surface area contributed by atoms with E-state index in [9.17, 15) is 0 Å². The molecule has 0 aliphatic carbocycles. The first kappa shape index (κ1) is 16.6. The third-order valence-corrected chi connectivity index (χ3v) is 5.21. The van der Waals surface area contributed by atoms with E-state index in [0.29, 0.717) is 5.82 Å². The number of ether oxygens (including phenoxy) is 1. The van der Waals surface area contributed by atoms with Gasteiger partial charge in [0.1, 0.15) is 17.2 Å². The second-order valence-corrected chi connectivity index (χ2v) is 6.87. The molecule has 4 rings (SSSR count). The standard InChI is InChI=1S/C17H27N7O/c1-22-15(12-23-5-3-2-4-6-23)20-16-13(24-7-9-25-10-8-24)11-14(21-18)19-17(16)22/h11H,2-10,12,18H2,1H3,(H,19,21). The molecule has 25 heavy (non-hydrogen) atoms. The Morgan fingerprint density at radius 1 is 1.12 bits per heavy atom. The van der Waals surface area contributed by atoms with Gasteiger partial charge in [-0.25, -0.2) is 15.8 Å². The van der Waals surface area contributed by atoms with Gasteiger partial charge >= 0.3 is 0 Å². The quantitative estimate of drug-likeness (QED) is 0.633. The minimum absolute atomic E-state index is 0.668. The maximum Gasteiger partial charge on any atom is 0.164 e. The van der Waals surface area contributed by atoms with Crippen LogP contribution in [0.5, 0.6) is 0 Å². The van der Waals surface area contributed by atoms with E-state index in [1.165, 1.54) is 19.3 Å². The van der Waals surface area contributed by atoms with Gasteiger partial charge in [0.25, 0.3) is 0 Å². The van der Waals surface area contributed by atoms with E-state index in [4.69, 9.17) is 15.6 Å². The van der Waals surface area contributed by atoms with Gasteiger partial charge in [0.2, 0.25) is 0 Å². The number of hydrogen-bond donors (Lipinski definition) is 2. The van der Waals surface area contributed by atoms with E-state index in [2.05, 4.69) is 24.8 Å². The van der Waals surface area contributed by atoms with Crippen LogP contribution < -0.4 is 16.2 Å². The van der Waals surface area contributed by atoms with Crippen LogP contribution in [0.3, 0.4) is 0 Å². The fourth-order valence-corrected chi connectivity index (χ4v) is 3.76. The molecule has 8 nitrogen and oxygen atoms in total. The van der Waals surface area contributed by atoms with Crippen LogP contribution in [-0.2, 0) is 18.3 Å². The van der Waals surface area contributed by atoms with E-state index < -0.39 is 0 Å². The van der Waals surface area contributed by atoms with Crippen molar-refractivity contribution in [3.8, 4) is 0 Å². The van der Waals surface area contributed by atoms with Gasteiger partial charge in [0.15, 0.2) is 5.65 Å². The Morgan fingerprint density at radius 3 is 2.60 bits per heavy atom. The number of hydrazine groups is 1. The molecule has 0 bridgehead atoms. The maximum atomic E-state index is 5.65. The predicted molar refractivity (Wildman–Crippen MR) is 98.5 cm³/mol. The van der Waals surface area contributed by atoms with E-state index >= 15 is 0 Å². The number of piperidine rings is 1. The number of likely N-dealkylation sites (tertiary alicyclic amines) is 1. The summed E-state index contributed by atoms with van der Waals surface area (Å²) < 4.78 is 7.60. The summed E-state index contributed by atoms with van der Waals surface area (Å²) >= 11 is 0. The molecule has 2 fully saturated rings. The van der Waals surface area contributed by atoms with E-state index in [1.54, 1.807) is 0 Å². The van der Waals surface area contributed by atoms with E-state index in [-0.39, 0.29) is 0 Å². The molecule has 2 saturated heterocycles. The van der Waals surface area contributed by atoms with Crippen molar-refractivity contribution in [2.24, 2.45) is 12.9 Å². The zero-order valence-corrected chi connectivity index (χ0v) is 14.9. The van der Waals surface area contributed by atoms with E-state index in [0.717, 1.165) is 68.6 Å². The normalized spacial score (nSPS) is 19.5. The summed E-state index contributed by atoms with van der Waals surface area (Å²) in [6.45, 7) is 6.39. The second-order valence-electron chi connectivity index (χ2n) is 6.87. The number of imidazole rings is 1. The van der Waals surface area contributed by atoms with Crippen LogP contribution in [0.1, 0.15) is 25.1 Å². The summed E-state index contributed by atoms with van der Waals surface area (Å²) in [4.78, 5) is 14.4. The third-order valence-electron chi connectivity index (χ3n) is 5.21. The van der Waals surface area contributed by atoms with Crippen molar-refractivity contribution >= 4 is 22.7 Å². The third kappa shape index (κ3) is 3.29. The lowest BCUT2D eigenvalue weighted by Gasteiger charge is -2.29. The number of pyridine rings is 1. The van der Waals surface area contributed by atoms with Crippen molar-refractivity contribution in [2.75, 3.05) is 49.7 Å².